The first-order valence-electron chi connectivity index (χ1n) is 5.12. The van der Waals surface area contributed by atoms with Crippen LogP contribution in [0.4, 0.5) is 0 Å². The smallest absolute Gasteiger partial charge is 0.339 e. The second kappa shape index (κ2) is 5.07. The molecule has 1 heterocycles. The number of ether oxygens (including phenoxy) is 1. The highest BCUT2D eigenvalue weighted by molar-refractivity contribution is 5.88. The number of carbonyl (C=O) groups excluding carboxylic acids is 1. The molecular formula is C12H17NO3. The third-order valence-corrected chi connectivity index (χ3v) is 2.33. The van der Waals surface area contributed by atoms with Gasteiger partial charge in [-0.3, -0.25) is 4.98 Å². The van der Waals surface area contributed by atoms with E-state index >= 15 is 0 Å². The van der Waals surface area contributed by atoms with Crippen LogP contribution in [0.25, 0.3) is 0 Å². The van der Waals surface area contributed by atoms with Gasteiger partial charge in [0.25, 0.3) is 0 Å². The molecule has 0 radical (unpaired) electrons. The van der Waals surface area contributed by atoms with Crippen LogP contribution in [0.15, 0.2) is 18.3 Å². The minimum absolute atomic E-state index is 0.105. The molecule has 0 amide bonds. The lowest BCUT2D eigenvalue weighted by atomic mass is 9.89. The number of methoxy groups -OCH3 is 1. The number of esters is 1. The maximum Gasteiger partial charge on any atom is 0.339 e. The highest BCUT2D eigenvalue weighted by atomic mass is 16.5. The zero-order valence-corrected chi connectivity index (χ0v) is 9.86. The predicted molar refractivity (Wildman–Crippen MR) is 60.1 cm³/mol. The lowest BCUT2D eigenvalue weighted by Gasteiger charge is -2.20. The number of aromatic nitrogens is 1. The number of aliphatic hydroxyl groups is 1. The minimum atomic E-state index is -0.388. The summed E-state index contributed by atoms with van der Waals surface area (Å²) in [5.74, 6) is -0.388. The van der Waals surface area contributed by atoms with Crippen molar-refractivity contribution in [2.24, 2.45) is 5.41 Å². The highest BCUT2D eigenvalue weighted by Gasteiger charge is 2.18. The SMILES string of the molecule is COC(=O)c1ccc(CC(C)(C)CO)nc1. The van der Waals surface area contributed by atoms with Crippen molar-refractivity contribution < 1.29 is 14.6 Å². The van der Waals surface area contributed by atoms with Crippen LogP contribution in [0.1, 0.15) is 29.9 Å². The molecule has 0 aliphatic rings. The average molecular weight is 223 g/mol. The molecule has 0 fully saturated rings. The van der Waals surface area contributed by atoms with E-state index in [-0.39, 0.29) is 18.0 Å². The first-order valence-corrected chi connectivity index (χ1v) is 5.12. The van der Waals surface area contributed by atoms with Crippen LogP contribution in [0, 0.1) is 5.41 Å². The number of hydrogen-bond acceptors (Lipinski definition) is 4. The molecule has 0 aromatic carbocycles. The third kappa shape index (κ3) is 3.31. The topological polar surface area (TPSA) is 59.4 Å². The molecule has 0 unspecified atom stereocenters. The summed E-state index contributed by atoms with van der Waals surface area (Å²) in [5.41, 5.74) is 1.10. The van der Waals surface area contributed by atoms with E-state index in [0.29, 0.717) is 12.0 Å². The lowest BCUT2D eigenvalue weighted by Crippen LogP contribution is -2.20. The van der Waals surface area contributed by atoms with E-state index in [1.165, 1.54) is 13.3 Å². The van der Waals surface area contributed by atoms with E-state index in [1.807, 2.05) is 13.8 Å². The summed E-state index contributed by atoms with van der Waals surface area (Å²) in [7, 11) is 1.34. The molecule has 0 aliphatic carbocycles. The van der Waals surface area contributed by atoms with Gasteiger partial charge >= 0.3 is 5.97 Å². The number of rotatable bonds is 4. The van der Waals surface area contributed by atoms with Crippen molar-refractivity contribution in [3.8, 4) is 0 Å². The van der Waals surface area contributed by atoms with E-state index < -0.39 is 0 Å². The van der Waals surface area contributed by atoms with Crippen molar-refractivity contribution in [3.05, 3.63) is 29.6 Å². The first-order chi connectivity index (χ1) is 7.48. The molecular weight excluding hydrogens is 206 g/mol. The van der Waals surface area contributed by atoms with Crippen LogP contribution in [-0.2, 0) is 11.2 Å². The van der Waals surface area contributed by atoms with Gasteiger partial charge in [0.2, 0.25) is 0 Å². The summed E-state index contributed by atoms with van der Waals surface area (Å²) in [4.78, 5) is 15.3. The Labute approximate surface area is 95.3 Å². The van der Waals surface area contributed by atoms with Gasteiger partial charge in [0, 0.05) is 18.5 Å². The number of hydrogen-bond donors (Lipinski definition) is 1. The number of pyridine rings is 1. The third-order valence-electron chi connectivity index (χ3n) is 2.33. The Morgan fingerprint density at radius 3 is 2.62 bits per heavy atom. The number of carbonyl (C=O) groups is 1. The Bertz CT molecular complexity index is 357. The fourth-order valence-corrected chi connectivity index (χ4v) is 1.31. The van der Waals surface area contributed by atoms with Gasteiger partial charge in [-0.15, -0.1) is 0 Å². The summed E-state index contributed by atoms with van der Waals surface area (Å²) in [6.07, 6.45) is 2.17. The van der Waals surface area contributed by atoms with Crippen LogP contribution >= 0.6 is 0 Å². The Morgan fingerprint density at radius 1 is 1.50 bits per heavy atom. The van der Waals surface area contributed by atoms with Gasteiger partial charge in [-0.2, -0.15) is 0 Å². The van der Waals surface area contributed by atoms with E-state index in [0.717, 1.165) is 5.69 Å². The van der Waals surface area contributed by atoms with E-state index in [4.69, 9.17) is 5.11 Å². The van der Waals surface area contributed by atoms with Crippen LogP contribution in [0.3, 0.4) is 0 Å². The Kier molecular flexibility index (Phi) is 4.01. The van der Waals surface area contributed by atoms with Crippen molar-refractivity contribution in [1.82, 2.24) is 4.98 Å². The standard InChI is InChI=1S/C12H17NO3/c1-12(2,8-14)6-10-5-4-9(7-13-10)11(15)16-3/h4-5,7,14H,6,8H2,1-3H3. The minimum Gasteiger partial charge on any atom is -0.465 e. The summed E-state index contributed by atoms with van der Waals surface area (Å²) in [5, 5.41) is 9.13. The number of aliphatic hydroxyl groups excluding tert-OH is 1. The Balaban J connectivity index is 2.76. The lowest BCUT2D eigenvalue weighted by molar-refractivity contribution is 0.0600. The molecule has 1 N–H and O–H groups in total. The van der Waals surface area contributed by atoms with Crippen molar-refractivity contribution >= 4 is 5.97 Å². The largest absolute Gasteiger partial charge is 0.465 e. The van der Waals surface area contributed by atoms with Crippen molar-refractivity contribution in [2.75, 3.05) is 13.7 Å². The maximum absolute atomic E-state index is 11.2. The summed E-state index contributed by atoms with van der Waals surface area (Å²) in [6.45, 7) is 4.03. The Morgan fingerprint density at radius 2 is 2.19 bits per heavy atom. The molecule has 88 valence electrons. The van der Waals surface area contributed by atoms with Gasteiger partial charge in [0.15, 0.2) is 0 Å². The maximum atomic E-state index is 11.2. The summed E-state index contributed by atoms with van der Waals surface area (Å²) < 4.78 is 4.58. The first kappa shape index (κ1) is 12.6. The number of nitrogens with zero attached hydrogens (tertiary/aromatic N) is 1. The molecule has 0 spiro atoms. The molecule has 0 bridgehead atoms. The van der Waals surface area contributed by atoms with Gasteiger partial charge in [-0.1, -0.05) is 13.8 Å². The van der Waals surface area contributed by atoms with Gasteiger partial charge in [0.1, 0.15) is 0 Å². The van der Waals surface area contributed by atoms with Gasteiger partial charge in [0.05, 0.1) is 12.7 Å². The summed E-state index contributed by atoms with van der Waals surface area (Å²) >= 11 is 0. The Hall–Kier alpha value is -1.42. The fourth-order valence-electron chi connectivity index (χ4n) is 1.31. The average Bonchev–Trinajstić information content (AvgIpc) is 2.28. The molecule has 0 atom stereocenters. The van der Waals surface area contributed by atoms with Crippen LogP contribution < -0.4 is 0 Å². The van der Waals surface area contributed by atoms with Crippen molar-refractivity contribution in [3.63, 3.8) is 0 Å². The van der Waals surface area contributed by atoms with Crippen molar-refractivity contribution in [2.45, 2.75) is 20.3 Å². The quantitative estimate of drug-likeness (QED) is 0.784. The van der Waals surface area contributed by atoms with E-state index in [2.05, 4.69) is 9.72 Å². The fraction of sp³-hybridized carbons (Fsp3) is 0.500. The summed E-state index contributed by atoms with van der Waals surface area (Å²) in [6, 6.07) is 3.46. The normalized spacial score (nSPS) is 11.2. The molecule has 1 aromatic heterocycles. The molecule has 1 aromatic rings. The highest BCUT2D eigenvalue weighted by Crippen LogP contribution is 2.19. The molecule has 1 rings (SSSR count). The van der Waals surface area contributed by atoms with Crippen LogP contribution in [-0.4, -0.2) is 29.8 Å². The molecule has 16 heavy (non-hydrogen) atoms. The second-order valence-corrected chi connectivity index (χ2v) is 4.53. The second-order valence-electron chi connectivity index (χ2n) is 4.53. The monoisotopic (exact) mass is 223 g/mol. The van der Waals surface area contributed by atoms with Crippen LogP contribution in [0.2, 0.25) is 0 Å². The van der Waals surface area contributed by atoms with E-state index in [1.54, 1.807) is 12.1 Å². The van der Waals surface area contributed by atoms with Gasteiger partial charge in [-0.25, -0.2) is 4.79 Å². The predicted octanol–water partition coefficient (Wildman–Crippen LogP) is 1.43. The van der Waals surface area contributed by atoms with Crippen molar-refractivity contribution in [1.29, 1.82) is 0 Å². The molecule has 0 saturated heterocycles. The molecule has 4 heteroatoms. The van der Waals surface area contributed by atoms with E-state index in [9.17, 15) is 4.79 Å². The molecule has 4 nitrogen and oxygen atoms in total. The van der Waals surface area contributed by atoms with Crippen LogP contribution in [0.5, 0.6) is 0 Å². The van der Waals surface area contributed by atoms with Gasteiger partial charge < -0.3 is 9.84 Å². The molecule has 0 aliphatic heterocycles. The zero-order valence-electron chi connectivity index (χ0n) is 9.86. The molecule has 0 saturated carbocycles. The zero-order chi connectivity index (χ0) is 12.2. The van der Waals surface area contributed by atoms with Gasteiger partial charge in [-0.05, 0) is 24.0 Å².